The standard InChI is InChI=1S/C27H32F2N2O8/c1-16-24(39-19-9-5-4-6-10-19)18(14-22(28)29)8-7-11-20(27(34)38-16)31-26(33)23-25(37-15-36-17(2)32)21(35-3)12-13-30-23/h4-6,9-10,12-13,16,18,20,22,24H,7-8,11,14-15H2,1-3H3,(H,31,33)/t16-,18+,20-,24-/m0/s1. The molecule has 0 unspecified atom stereocenters. The molecule has 1 aliphatic heterocycles. The number of pyridine rings is 1. The first-order valence-corrected chi connectivity index (χ1v) is 12.5. The van der Waals surface area contributed by atoms with Crippen LogP contribution < -0.4 is 19.5 Å². The molecule has 10 nitrogen and oxygen atoms in total. The van der Waals surface area contributed by atoms with E-state index in [2.05, 4.69) is 10.3 Å². The Morgan fingerprint density at radius 3 is 2.59 bits per heavy atom. The van der Waals surface area contributed by atoms with Gasteiger partial charge in [0.25, 0.3) is 5.91 Å². The third-order valence-electron chi connectivity index (χ3n) is 6.15. The van der Waals surface area contributed by atoms with E-state index in [1.165, 1.54) is 26.3 Å². The highest BCUT2D eigenvalue weighted by atomic mass is 19.3. The van der Waals surface area contributed by atoms with Gasteiger partial charge in [0.1, 0.15) is 24.0 Å². The summed E-state index contributed by atoms with van der Waals surface area (Å²) in [6.07, 6.45) is -2.56. The Hall–Kier alpha value is -3.96. The summed E-state index contributed by atoms with van der Waals surface area (Å²) in [6, 6.07) is 9.07. The molecule has 0 bridgehead atoms. The first-order valence-electron chi connectivity index (χ1n) is 12.5. The number of para-hydroxylation sites is 1. The third kappa shape index (κ3) is 8.52. The van der Waals surface area contributed by atoms with Gasteiger partial charge >= 0.3 is 11.9 Å². The number of hydrogen-bond acceptors (Lipinski definition) is 9. The van der Waals surface area contributed by atoms with Gasteiger partial charge in [-0.2, -0.15) is 0 Å². The Labute approximate surface area is 224 Å². The molecule has 0 saturated carbocycles. The molecule has 0 radical (unpaired) electrons. The summed E-state index contributed by atoms with van der Waals surface area (Å²) in [4.78, 5) is 41.4. The molecule has 1 N–H and O–H groups in total. The van der Waals surface area contributed by atoms with Crippen molar-refractivity contribution in [3.63, 3.8) is 0 Å². The van der Waals surface area contributed by atoms with E-state index in [9.17, 15) is 23.2 Å². The number of alkyl halides is 2. The molecule has 1 aromatic carbocycles. The topological polar surface area (TPSA) is 122 Å². The Morgan fingerprint density at radius 2 is 1.92 bits per heavy atom. The number of carbonyl (C=O) groups excluding carboxylic acids is 3. The van der Waals surface area contributed by atoms with Crippen LogP contribution in [-0.2, 0) is 19.1 Å². The molecule has 1 aliphatic rings. The van der Waals surface area contributed by atoms with E-state index in [1.54, 1.807) is 37.3 Å². The molecular weight excluding hydrogens is 518 g/mol. The highest BCUT2D eigenvalue weighted by molar-refractivity contribution is 5.98. The Morgan fingerprint density at radius 1 is 1.18 bits per heavy atom. The van der Waals surface area contributed by atoms with Crippen molar-refractivity contribution < 1.29 is 46.8 Å². The summed E-state index contributed by atoms with van der Waals surface area (Å²) >= 11 is 0. The zero-order chi connectivity index (χ0) is 28.4. The number of amides is 1. The van der Waals surface area contributed by atoms with Crippen molar-refractivity contribution in [2.45, 2.75) is 64.2 Å². The maximum Gasteiger partial charge on any atom is 0.329 e. The molecule has 2 heterocycles. The number of methoxy groups -OCH3 is 1. The zero-order valence-electron chi connectivity index (χ0n) is 21.9. The third-order valence-corrected chi connectivity index (χ3v) is 6.15. The molecule has 1 amide bonds. The molecule has 3 rings (SSSR count). The number of aromatic nitrogens is 1. The average Bonchev–Trinajstić information content (AvgIpc) is 2.94. The number of halogens is 2. The van der Waals surface area contributed by atoms with Crippen LogP contribution >= 0.6 is 0 Å². The minimum absolute atomic E-state index is 0.0862. The summed E-state index contributed by atoms with van der Waals surface area (Å²) in [5.41, 5.74) is -0.205. The molecule has 2 aromatic rings. The number of nitrogens with one attached hydrogen (secondary N) is 1. The Kier molecular flexibility index (Phi) is 10.8. The van der Waals surface area contributed by atoms with Gasteiger partial charge in [-0.15, -0.1) is 0 Å². The number of carbonyl (C=O) groups is 3. The summed E-state index contributed by atoms with van der Waals surface area (Å²) < 4.78 is 54.0. The van der Waals surface area contributed by atoms with Crippen molar-refractivity contribution in [2.75, 3.05) is 13.9 Å². The van der Waals surface area contributed by atoms with Gasteiger partial charge in [-0.1, -0.05) is 24.6 Å². The largest absolute Gasteiger partial charge is 0.493 e. The monoisotopic (exact) mass is 550 g/mol. The number of hydrogen-bond donors (Lipinski definition) is 1. The number of ether oxygens (including phenoxy) is 5. The van der Waals surface area contributed by atoms with E-state index >= 15 is 0 Å². The highest BCUT2D eigenvalue weighted by Crippen LogP contribution is 2.32. The van der Waals surface area contributed by atoms with E-state index in [1.807, 2.05) is 0 Å². The SMILES string of the molecule is COc1ccnc(C(=O)N[C@H]2CCC[C@H](CC(F)F)[C@@H](Oc3ccccc3)[C@H](C)OC2=O)c1OCOC(C)=O. The van der Waals surface area contributed by atoms with Crippen LogP contribution in [0.4, 0.5) is 8.78 Å². The predicted octanol–water partition coefficient (Wildman–Crippen LogP) is 3.92. The number of esters is 2. The van der Waals surface area contributed by atoms with Gasteiger partial charge in [0, 0.05) is 31.5 Å². The Bertz CT molecular complexity index is 1120. The lowest BCUT2D eigenvalue weighted by atomic mass is 9.89. The lowest BCUT2D eigenvalue weighted by Crippen LogP contribution is -2.45. The van der Waals surface area contributed by atoms with Crippen LogP contribution in [0, 0.1) is 5.92 Å². The van der Waals surface area contributed by atoms with E-state index in [-0.39, 0.29) is 23.6 Å². The van der Waals surface area contributed by atoms with E-state index < -0.39 is 61.7 Å². The molecule has 4 atom stereocenters. The second kappa shape index (κ2) is 14.3. The average molecular weight is 551 g/mol. The normalized spacial score (nSPS) is 21.5. The fourth-order valence-corrected chi connectivity index (χ4v) is 4.33. The minimum Gasteiger partial charge on any atom is -0.493 e. The molecule has 0 spiro atoms. The fraction of sp³-hybridized carbons (Fsp3) is 0.481. The zero-order valence-corrected chi connectivity index (χ0v) is 21.9. The van der Waals surface area contributed by atoms with Crippen LogP contribution in [0.2, 0.25) is 0 Å². The van der Waals surface area contributed by atoms with E-state index in [0.29, 0.717) is 18.6 Å². The van der Waals surface area contributed by atoms with E-state index in [0.717, 1.165) is 0 Å². The first kappa shape index (κ1) is 29.6. The molecular formula is C27H32F2N2O8. The van der Waals surface area contributed by atoms with Crippen molar-refractivity contribution in [2.24, 2.45) is 5.92 Å². The first-order chi connectivity index (χ1) is 18.7. The molecule has 12 heteroatoms. The van der Waals surface area contributed by atoms with Crippen molar-refractivity contribution >= 4 is 17.8 Å². The maximum atomic E-state index is 13.5. The molecule has 39 heavy (non-hydrogen) atoms. The predicted molar refractivity (Wildman–Crippen MR) is 134 cm³/mol. The molecule has 1 fully saturated rings. The number of benzene rings is 1. The molecule has 212 valence electrons. The molecule has 0 aliphatic carbocycles. The molecule has 1 aromatic heterocycles. The highest BCUT2D eigenvalue weighted by Gasteiger charge is 2.37. The van der Waals surface area contributed by atoms with Crippen LogP contribution in [0.25, 0.3) is 0 Å². The smallest absolute Gasteiger partial charge is 0.329 e. The van der Waals surface area contributed by atoms with Crippen molar-refractivity contribution in [3.05, 3.63) is 48.3 Å². The number of rotatable bonds is 10. The second-order valence-electron chi connectivity index (χ2n) is 8.97. The van der Waals surface area contributed by atoms with Crippen LogP contribution in [0.5, 0.6) is 17.2 Å². The van der Waals surface area contributed by atoms with Crippen molar-refractivity contribution in [1.29, 1.82) is 0 Å². The van der Waals surface area contributed by atoms with Gasteiger partial charge < -0.3 is 29.0 Å². The summed E-state index contributed by atoms with van der Waals surface area (Å²) in [5.74, 6) is -2.14. The van der Waals surface area contributed by atoms with Gasteiger partial charge in [-0.3, -0.25) is 9.59 Å². The van der Waals surface area contributed by atoms with Crippen molar-refractivity contribution in [3.8, 4) is 17.2 Å². The maximum absolute atomic E-state index is 13.5. The van der Waals surface area contributed by atoms with Gasteiger partial charge in [0.15, 0.2) is 17.2 Å². The van der Waals surface area contributed by atoms with Gasteiger partial charge in [-0.25, -0.2) is 18.6 Å². The van der Waals surface area contributed by atoms with Gasteiger partial charge in [0.2, 0.25) is 13.2 Å². The van der Waals surface area contributed by atoms with Crippen molar-refractivity contribution in [1.82, 2.24) is 10.3 Å². The number of cyclic esters (lactones) is 1. The lowest BCUT2D eigenvalue weighted by Gasteiger charge is -2.31. The quantitative estimate of drug-likeness (QED) is 0.346. The lowest BCUT2D eigenvalue weighted by molar-refractivity contribution is -0.156. The molecule has 1 saturated heterocycles. The number of nitrogens with zero attached hydrogens (tertiary/aromatic N) is 1. The van der Waals surface area contributed by atoms with E-state index in [4.69, 9.17) is 23.7 Å². The van der Waals surface area contributed by atoms with Crippen LogP contribution in [-0.4, -0.2) is 61.4 Å². The van der Waals surface area contributed by atoms with Crippen LogP contribution in [0.3, 0.4) is 0 Å². The van der Waals surface area contributed by atoms with Gasteiger partial charge in [0.05, 0.1) is 7.11 Å². The summed E-state index contributed by atoms with van der Waals surface area (Å²) in [6.45, 7) is 2.29. The second-order valence-corrected chi connectivity index (χ2v) is 8.97. The minimum atomic E-state index is -2.57. The van der Waals surface area contributed by atoms with Gasteiger partial charge in [-0.05, 0) is 31.9 Å². The van der Waals surface area contributed by atoms with Crippen LogP contribution in [0.15, 0.2) is 42.6 Å². The summed E-state index contributed by atoms with van der Waals surface area (Å²) in [5, 5.41) is 2.60. The summed E-state index contributed by atoms with van der Waals surface area (Å²) in [7, 11) is 1.36. The Balaban J connectivity index is 1.79. The fourth-order valence-electron chi connectivity index (χ4n) is 4.33. The van der Waals surface area contributed by atoms with Crippen LogP contribution in [0.1, 0.15) is 50.0 Å².